The van der Waals surface area contributed by atoms with Crippen LogP contribution >= 0.6 is 0 Å². The van der Waals surface area contributed by atoms with Gasteiger partial charge in [0.05, 0.1) is 30.4 Å². The second-order valence-corrected chi connectivity index (χ2v) is 3.28. The molecule has 1 aromatic carbocycles. The molecule has 0 aliphatic heterocycles. The van der Waals surface area contributed by atoms with Crippen LogP contribution in [0, 0.1) is 11.3 Å². The predicted molar refractivity (Wildman–Crippen MR) is 53.4 cm³/mol. The standard InChI is InChI=1S/C11H8F3NO3/c1-18-10(17)7-3-2-6(5-16)9(8(7)4-15)11(12,13)14/h2-3,16H,5H2,1H3. The molecule has 0 unspecified atom stereocenters. The fourth-order valence-electron chi connectivity index (χ4n) is 1.50. The van der Waals surface area contributed by atoms with Gasteiger partial charge >= 0.3 is 12.1 Å². The minimum absolute atomic E-state index is 0.466. The number of carbonyl (C=O) groups is 1. The fraction of sp³-hybridized carbons (Fsp3) is 0.273. The Hall–Kier alpha value is -2.07. The molecule has 0 aliphatic rings. The first-order valence-electron chi connectivity index (χ1n) is 4.69. The number of alkyl halides is 3. The molecule has 0 bridgehead atoms. The Morgan fingerprint density at radius 1 is 1.50 bits per heavy atom. The summed E-state index contributed by atoms with van der Waals surface area (Å²) in [7, 11) is 0.997. The Balaban J connectivity index is 3.65. The number of carbonyl (C=O) groups excluding carboxylic acids is 1. The molecule has 1 rings (SSSR count). The van der Waals surface area contributed by atoms with Crippen molar-refractivity contribution >= 4 is 5.97 Å². The first-order chi connectivity index (χ1) is 8.36. The molecule has 18 heavy (non-hydrogen) atoms. The molecule has 1 aromatic rings. The number of hydrogen-bond acceptors (Lipinski definition) is 4. The number of nitriles is 1. The van der Waals surface area contributed by atoms with Gasteiger partial charge in [-0.15, -0.1) is 0 Å². The van der Waals surface area contributed by atoms with Gasteiger partial charge in [0, 0.05) is 0 Å². The molecule has 96 valence electrons. The van der Waals surface area contributed by atoms with Crippen molar-refractivity contribution in [3.05, 3.63) is 34.4 Å². The normalized spacial score (nSPS) is 10.9. The van der Waals surface area contributed by atoms with Crippen molar-refractivity contribution in [3.8, 4) is 6.07 Å². The van der Waals surface area contributed by atoms with Gasteiger partial charge in [-0.3, -0.25) is 0 Å². The summed E-state index contributed by atoms with van der Waals surface area (Å²) < 4.78 is 42.7. The molecule has 0 heterocycles. The highest BCUT2D eigenvalue weighted by atomic mass is 19.4. The van der Waals surface area contributed by atoms with Gasteiger partial charge < -0.3 is 9.84 Å². The minimum Gasteiger partial charge on any atom is -0.465 e. The van der Waals surface area contributed by atoms with E-state index in [2.05, 4.69) is 4.74 Å². The van der Waals surface area contributed by atoms with Crippen molar-refractivity contribution in [3.63, 3.8) is 0 Å². The summed E-state index contributed by atoms with van der Waals surface area (Å²) >= 11 is 0. The van der Waals surface area contributed by atoms with Crippen LogP contribution in [0.2, 0.25) is 0 Å². The van der Waals surface area contributed by atoms with E-state index in [0.717, 1.165) is 19.2 Å². The van der Waals surface area contributed by atoms with Gasteiger partial charge in [-0.1, -0.05) is 6.07 Å². The first-order valence-corrected chi connectivity index (χ1v) is 4.69. The van der Waals surface area contributed by atoms with E-state index in [1.54, 1.807) is 0 Å². The average Bonchev–Trinajstić information content (AvgIpc) is 2.34. The Bertz CT molecular complexity index is 517. The molecule has 0 amide bonds. The highest BCUT2D eigenvalue weighted by Gasteiger charge is 2.38. The van der Waals surface area contributed by atoms with E-state index in [1.807, 2.05) is 0 Å². The van der Waals surface area contributed by atoms with E-state index in [0.29, 0.717) is 0 Å². The number of halogens is 3. The molecule has 0 fully saturated rings. The van der Waals surface area contributed by atoms with Crippen molar-refractivity contribution in [2.75, 3.05) is 7.11 Å². The second-order valence-electron chi connectivity index (χ2n) is 3.28. The number of methoxy groups -OCH3 is 1. The van der Waals surface area contributed by atoms with Gasteiger partial charge in [0.2, 0.25) is 0 Å². The molecule has 0 atom stereocenters. The van der Waals surface area contributed by atoms with Gasteiger partial charge in [0.15, 0.2) is 0 Å². The zero-order chi connectivity index (χ0) is 13.9. The lowest BCUT2D eigenvalue weighted by Gasteiger charge is -2.15. The smallest absolute Gasteiger partial charge is 0.418 e. The third-order valence-electron chi connectivity index (χ3n) is 2.26. The number of nitrogens with zero attached hydrogens (tertiary/aromatic N) is 1. The summed E-state index contributed by atoms with van der Waals surface area (Å²) in [4.78, 5) is 11.3. The molecule has 4 nitrogen and oxygen atoms in total. The highest BCUT2D eigenvalue weighted by Crippen LogP contribution is 2.36. The molecular formula is C11H8F3NO3. The van der Waals surface area contributed by atoms with E-state index >= 15 is 0 Å². The first kappa shape index (κ1) is 14.0. The minimum atomic E-state index is -4.84. The Labute approximate surface area is 100 Å². The van der Waals surface area contributed by atoms with Crippen LogP contribution in [0.1, 0.15) is 27.0 Å². The van der Waals surface area contributed by atoms with Gasteiger partial charge in [-0.2, -0.15) is 18.4 Å². The Morgan fingerprint density at radius 2 is 2.11 bits per heavy atom. The Kier molecular flexibility index (Phi) is 3.93. The maximum atomic E-state index is 12.8. The number of ether oxygens (including phenoxy) is 1. The molecule has 7 heteroatoms. The zero-order valence-corrected chi connectivity index (χ0v) is 9.21. The van der Waals surface area contributed by atoms with Crippen molar-refractivity contribution in [1.82, 2.24) is 0 Å². The maximum absolute atomic E-state index is 12.8. The molecule has 0 saturated heterocycles. The number of hydrogen-bond donors (Lipinski definition) is 1. The lowest BCUT2D eigenvalue weighted by Crippen LogP contribution is -2.16. The van der Waals surface area contributed by atoms with E-state index in [4.69, 9.17) is 10.4 Å². The fourth-order valence-corrected chi connectivity index (χ4v) is 1.50. The van der Waals surface area contributed by atoms with Gasteiger partial charge in [-0.25, -0.2) is 4.79 Å². The van der Waals surface area contributed by atoms with E-state index < -0.39 is 41.0 Å². The van der Waals surface area contributed by atoms with Gasteiger partial charge in [-0.05, 0) is 11.6 Å². The van der Waals surface area contributed by atoms with Gasteiger partial charge in [0.25, 0.3) is 0 Å². The summed E-state index contributed by atoms with van der Waals surface area (Å²) in [6.45, 7) is -0.884. The molecule has 0 saturated carbocycles. The van der Waals surface area contributed by atoms with E-state index in [-0.39, 0.29) is 0 Å². The monoisotopic (exact) mass is 259 g/mol. The summed E-state index contributed by atoms with van der Waals surface area (Å²) in [6, 6.07) is 3.29. The lowest BCUT2D eigenvalue weighted by molar-refractivity contribution is -0.138. The van der Waals surface area contributed by atoms with Crippen LogP contribution in [-0.2, 0) is 17.5 Å². The number of aliphatic hydroxyl groups is 1. The van der Waals surface area contributed by atoms with E-state index in [9.17, 15) is 18.0 Å². The van der Waals surface area contributed by atoms with Gasteiger partial charge in [0.1, 0.15) is 6.07 Å². The lowest BCUT2D eigenvalue weighted by atomic mass is 9.96. The summed E-state index contributed by atoms with van der Waals surface area (Å²) in [5, 5.41) is 17.7. The number of esters is 1. The third-order valence-corrected chi connectivity index (χ3v) is 2.26. The zero-order valence-electron chi connectivity index (χ0n) is 9.21. The summed E-state index contributed by atoms with van der Waals surface area (Å²) in [6.07, 6.45) is -4.84. The van der Waals surface area contributed by atoms with Crippen molar-refractivity contribution in [2.24, 2.45) is 0 Å². The van der Waals surface area contributed by atoms with Crippen LogP contribution < -0.4 is 0 Å². The third kappa shape index (κ3) is 2.43. The van der Waals surface area contributed by atoms with Crippen LogP contribution in [0.5, 0.6) is 0 Å². The average molecular weight is 259 g/mol. The molecule has 0 radical (unpaired) electrons. The predicted octanol–water partition coefficient (Wildman–Crippen LogP) is 1.86. The molecular weight excluding hydrogens is 251 g/mol. The molecule has 1 N–H and O–H groups in total. The van der Waals surface area contributed by atoms with Crippen molar-refractivity contribution < 1.29 is 27.8 Å². The summed E-state index contributed by atoms with van der Waals surface area (Å²) in [5.74, 6) is -1.04. The molecule has 0 spiro atoms. The van der Waals surface area contributed by atoms with Crippen LogP contribution in [0.3, 0.4) is 0 Å². The van der Waals surface area contributed by atoms with Crippen LogP contribution in [0.25, 0.3) is 0 Å². The highest BCUT2D eigenvalue weighted by molar-refractivity contribution is 5.92. The number of benzene rings is 1. The van der Waals surface area contributed by atoms with Crippen LogP contribution in [0.4, 0.5) is 13.2 Å². The van der Waals surface area contributed by atoms with Crippen molar-refractivity contribution in [1.29, 1.82) is 5.26 Å². The van der Waals surface area contributed by atoms with E-state index in [1.165, 1.54) is 6.07 Å². The molecule has 0 aromatic heterocycles. The van der Waals surface area contributed by atoms with Crippen LogP contribution in [-0.4, -0.2) is 18.2 Å². The second kappa shape index (κ2) is 5.06. The number of rotatable bonds is 2. The largest absolute Gasteiger partial charge is 0.465 e. The maximum Gasteiger partial charge on any atom is 0.418 e. The Morgan fingerprint density at radius 3 is 2.50 bits per heavy atom. The SMILES string of the molecule is COC(=O)c1ccc(CO)c(C(F)(F)F)c1C#N. The number of aliphatic hydroxyl groups excluding tert-OH is 1. The van der Waals surface area contributed by atoms with Crippen LogP contribution in [0.15, 0.2) is 12.1 Å². The van der Waals surface area contributed by atoms with Crippen molar-refractivity contribution in [2.45, 2.75) is 12.8 Å². The summed E-state index contributed by atoms with van der Waals surface area (Å²) in [5.41, 5.74) is -3.10. The quantitative estimate of drug-likeness (QED) is 0.823. The molecule has 0 aliphatic carbocycles. The topological polar surface area (TPSA) is 70.3 Å².